The molecule has 1 atom stereocenters. The van der Waals surface area contributed by atoms with Crippen LogP contribution >= 0.6 is 24.0 Å². The highest BCUT2D eigenvalue weighted by Crippen LogP contribution is 2.25. The molecule has 1 unspecified atom stereocenters. The molecule has 0 radical (unpaired) electrons. The Bertz CT molecular complexity index is 551. The van der Waals surface area contributed by atoms with Gasteiger partial charge >= 0.3 is 0 Å². The van der Waals surface area contributed by atoms with Crippen molar-refractivity contribution < 1.29 is 9.47 Å². The van der Waals surface area contributed by atoms with Gasteiger partial charge in [-0.05, 0) is 38.3 Å². The van der Waals surface area contributed by atoms with Crippen LogP contribution in [0.1, 0.15) is 36.1 Å². The van der Waals surface area contributed by atoms with Gasteiger partial charge in [-0.2, -0.15) is 0 Å². The first kappa shape index (κ1) is 22.2. The molecule has 0 saturated carbocycles. The molecule has 1 fully saturated rings. The number of hydrogen-bond donors (Lipinski definition) is 1. The van der Waals surface area contributed by atoms with Crippen molar-refractivity contribution in [2.45, 2.75) is 33.3 Å². The minimum Gasteiger partial charge on any atom is -0.385 e. The second kappa shape index (κ2) is 11.7. The zero-order valence-electron chi connectivity index (χ0n) is 15.9. The molecule has 6 heteroatoms. The van der Waals surface area contributed by atoms with E-state index in [0.717, 1.165) is 51.8 Å². The Morgan fingerprint density at radius 2 is 2.20 bits per heavy atom. The number of morpholine rings is 1. The number of rotatable bonds is 6. The molecular weight excluding hydrogens is 429 g/mol. The molecule has 0 aliphatic carbocycles. The molecule has 1 heterocycles. The molecule has 1 aromatic carbocycles. The summed E-state index contributed by atoms with van der Waals surface area (Å²) in [5.41, 5.74) is 3.86. The number of benzene rings is 1. The van der Waals surface area contributed by atoms with Gasteiger partial charge in [-0.15, -0.1) is 24.0 Å². The number of aryl methyl sites for hydroxylation is 2. The summed E-state index contributed by atoms with van der Waals surface area (Å²) in [6, 6.07) is 6.58. The van der Waals surface area contributed by atoms with Crippen LogP contribution in [0.25, 0.3) is 0 Å². The van der Waals surface area contributed by atoms with Crippen LogP contribution in [0.3, 0.4) is 0 Å². The van der Waals surface area contributed by atoms with Crippen LogP contribution in [0, 0.1) is 13.8 Å². The summed E-state index contributed by atoms with van der Waals surface area (Å²) in [7, 11) is 1.73. The van der Waals surface area contributed by atoms with Gasteiger partial charge in [0.1, 0.15) is 6.10 Å². The number of ether oxygens (including phenoxy) is 2. The fraction of sp³-hybridized carbons (Fsp3) is 0.632. The molecular formula is C19H32IN3O2. The van der Waals surface area contributed by atoms with Gasteiger partial charge in [-0.25, -0.2) is 0 Å². The summed E-state index contributed by atoms with van der Waals surface area (Å²) in [5, 5.41) is 3.40. The molecule has 2 rings (SSSR count). The first-order valence-corrected chi connectivity index (χ1v) is 8.86. The zero-order valence-corrected chi connectivity index (χ0v) is 18.2. The van der Waals surface area contributed by atoms with Crippen LogP contribution in [0.2, 0.25) is 0 Å². The van der Waals surface area contributed by atoms with Crippen LogP contribution in [0.5, 0.6) is 0 Å². The lowest BCUT2D eigenvalue weighted by atomic mass is 10.00. The number of halogens is 1. The van der Waals surface area contributed by atoms with E-state index >= 15 is 0 Å². The van der Waals surface area contributed by atoms with Crippen molar-refractivity contribution in [1.29, 1.82) is 0 Å². The highest BCUT2D eigenvalue weighted by molar-refractivity contribution is 14.0. The van der Waals surface area contributed by atoms with E-state index < -0.39 is 0 Å². The third kappa shape index (κ3) is 6.75. The number of nitrogens with one attached hydrogen (secondary N) is 1. The van der Waals surface area contributed by atoms with Crippen LogP contribution < -0.4 is 5.32 Å². The van der Waals surface area contributed by atoms with Crippen molar-refractivity contribution in [3.63, 3.8) is 0 Å². The summed E-state index contributed by atoms with van der Waals surface area (Å²) in [5.74, 6) is 0.978. The summed E-state index contributed by atoms with van der Waals surface area (Å²) in [4.78, 5) is 7.04. The van der Waals surface area contributed by atoms with Gasteiger partial charge in [-0.3, -0.25) is 4.99 Å². The van der Waals surface area contributed by atoms with Crippen LogP contribution in [0.15, 0.2) is 23.2 Å². The molecule has 142 valence electrons. The van der Waals surface area contributed by atoms with Gasteiger partial charge < -0.3 is 19.7 Å². The van der Waals surface area contributed by atoms with Crippen LogP contribution in [-0.2, 0) is 9.47 Å². The molecule has 1 aliphatic heterocycles. The van der Waals surface area contributed by atoms with E-state index in [1.165, 1.54) is 16.7 Å². The Balaban J connectivity index is 0.00000312. The molecule has 1 N–H and O–H groups in total. The number of nitrogens with zero attached hydrogens (tertiary/aromatic N) is 2. The van der Waals surface area contributed by atoms with Gasteiger partial charge in [0.25, 0.3) is 0 Å². The van der Waals surface area contributed by atoms with Crippen LogP contribution in [-0.4, -0.2) is 57.4 Å². The topological polar surface area (TPSA) is 46.1 Å². The van der Waals surface area contributed by atoms with E-state index in [2.05, 4.69) is 49.2 Å². The maximum Gasteiger partial charge on any atom is 0.194 e. The maximum atomic E-state index is 6.04. The van der Waals surface area contributed by atoms with Crippen molar-refractivity contribution in [3.05, 3.63) is 34.9 Å². The Morgan fingerprint density at radius 3 is 2.88 bits per heavy atom. The summed E-state index contributed by atoms with van der Waals surface area (Å²) in [6.45, 7) is 11.2. The van der Waals surface area contributed by atoms with Crippen LogP contribution in [0.4, 0.5) is 0 Å². The van der Waals surface area contributed by atoms with E-state index in [9.17, 15) is 0 Å². The zero-order chi connectivity index (χ0) is 17.4. The highest BCUT2D eigenvalue weighted by atomic mass is 127. The fourth-order valence-electron chi connectivity index (χ4n) is 3.04. The van der Waals surface area contributed by atoms with E-state index in [1.807, 2.05) is 0 Å². The summed E-state index contributed by atoms with van der Waals surface area (Å²) < 4.78 is 11.1. The average Bonchev–Trinajstić information content (AvgIpc) is 2.58. The lowest BCUT2D eigenvalue weighted by Gasteiger charge is -2.36. The molecule has 0 amide bonds. The minimum atomic E-state index is 0. The van der Waals surface area contributed by atoms with Crippen molar-refractivity contribution >= 4 is 29.9 Å². The lowest BCUT2D eigenvalue weighted by Crippen LogP contribution is -2.48. The first-order valence-electron chi connectivity index (χ1n) is 8.86. The van der Waals surface area contributed by atoms with Crippen molar-refractivity contribution in [1.82, 2.24) is 10.2 Å². The minimum absolute atomic E-state index is 0. The Morgan fingerprint density at radius 1 is 1.40 bits per heavy atom. The summed E-state index contributed by atoms with van der Waals surface area (Å²) >= 11 is 0. The Hall–Kier alpha value is -0.860. The van der Waals surface area contributed by atoms with E-state index in [-0.39, 0.29) is 30.1 Å². The molecule has 5 nitrogen and oxygen atoms in total. The molecule has 0 spiro atoms. The SMILES string of the molecule is CCNC(=NCCCOC)N1CCOC(c2ccc(C)cc2C)C1.I. The number of methoxy groups -OCH3 is 1. The predicted molar refractivity (Wildman–Crippen MR) is 114 cm³/mol. The fourth-order valence-corrected chi connectivity index (χ4v) is 3.04. The smallest absolute Gasteiger partial charge is 0.194 e. The second-order valence-corrected chi connectivity index (χ2v) is 6.25. The second-order valence-electron chi connectivity index (χ2n) is 6.25. The van der Waals surface area contributed by atoms with Gasteiger partial charge in [0.15, 0.2) is 5.96 Å². The van der Waals surface area contributed by atoms with Gasteiger partial charge in [0.05, 0.1) is 13.2 Å². The lowest BCUT2D eigenvalue weighted by molar-refractivity contribution is -0.00834. The molecule has 1 aromatic rings. The third-order valence-corrected chi connectivity index (χ3v) is 4.24. The van der Waals surface area contributed by atoms with E-state index in [0.29, 0.717) is 0 Å². The first-order chi connectivity index (χ1) is 11.7. The molecule has 0 aromatic heterocycles. The largest absolute Gasteiger partial charge is 0.385 e. The summed E-state index contributed by atoms with van der Waals surface area (Å²) in [6.07, 6.45) is 1.04. The van der Waals surface area contributed by atoms with Crippen molar-refractivity contribution in [2.75, 3.05) is 46.5 Å². The van der Waals surface area contributed by atoms with E-state index in [4.69, 9.17) is 14.5 Å². The molecule has 1 aliphatic rings. The molecule has 25 heavy (non-hydrogen) atoms. The number of aliphatic imine (C=N–C) groups is 1. The Labute approximate surface area is 169 Å². The van der Waals surface area contributed by atoms with E-state index in [1.54, 1.807) is 7.11 Å². The van der Waals surface area contributed by atoms with Gasteiger partial charge in [-0.1, -0.05) is 23.8 Å². The van der Waals surface area contributed by atoms with Gasteiger partial charge in [0, 0.05) is 33.4 Å². The normalized spacial score (nSPS) is 18.0. The Kier molecular flexibility index (Phi) is 10.4. The average molecular weight is 461 g/mol. The molecule has 1 saturated heterocycles. The standard InChI is InChI=1S/C19H31N3O2.HI/c1-5-20-19(21-9-6-11-23-4)22-10-12-24-18(14-22)17-8-7-15(2)13-16(17)3;/h7-8,13,18H,5-6,9-12,14H2,1-4H3,(H,20,21);1H. The monoisotopic (exact) mass is 461 g/mol. The number of hydrogen-bond acceptors (Lipinski definition) is 3. The third-order valence-electron chi connectivity index (χ3n) is 4.24. The molecule has 0 bridgehead atoms. The van der Waals surface area contributed by atoms with Gasteiger partial charge in [0.2, 0.25) is 0 Å². The number of guanidine groups is 1. The quantitative estimate of drug-likeness (QED) is 0.306. The van der Waals surface area contributed by atoms with Crippen molar-refractivity contribution in [3.8, 4) is 0 Å². The predicted octanol–water partition coefficient (Wildman–Crippen LogP) is 3.30. The highest BCUT2D eigenvalue weighted by Gasteiger charge is 2.25. The maximum absolute atomic E-state index is 6.04. The van der Waals surface area contributed by atoms with Crippen molar-refractivity contribution in [2.24, 2.45) is 4.99 Å².